The van der Waals surface area contributed by atoms with E-state index in [1.165, 1.54) is 66.2 Å². The van der Waals surface area contributed by atoms with Crippen LogP contribution in [0.15, 0.2) is 92.9 Å². The van der Waals surface area contributed by atoms with Crippen LogP contribution in [0.2, 0.25) is 0 Å². The van der Waals surface area contributed by atoms with E-state index in [2.05, 4.69) is 10.2 Å². The van der Waals surface area contributed by atoms with Gasteiger partial charge in [-0.3, -0.25) is 14.5 Å². The molecule has 6 rings (SSSR count). The topological polar surface area (TPSA) is 106 Å². The van der Waals surface area contributed by atoms with Gasteiger partial charge in [0.25, 0.3) is 5.91 Å². The average Bonchev–Trinajstić information content (AvgIpc) is 3.69. The smallest absolute Gasteiger partial charge is 0.296 e. The fourth-order valence-corrected chi connectivity index (χ4v) is 6.34. The van der Waals surface area contributed by atoms with E-state index in [4.69, 9.17) is 9.15 Å². The molecule has 41 heavy (non-hydrogen) atoms. The fraction of sp³-hybridized carbons (Fsp3) is 0.103. The zero-order chi connectivity index (χ0) is 28.7. The van der Waals surface area contributed by atoms with E-state index < -0.39 is 29.3 Å². The number of aliphatic hydroxyl groups is 1. The van der Waals surface area contributed by atoms with Gasteiger partial charge in [0.05, 0.1) is 18.7 Å². The molecule has 1 aliphatic heterocycles. The summed E-state index contributed by atoms with van der Waals surface area (Å²) in [5.74, 6) is -2.41. The third kappa shape index (κ3) is 4.96. The van der Waals surface area contributed by atoms with Crippen LogP contribution in [0, 0.1) is 11.6 Å². The van der Waals surface area contributed by atoms with E-state index in [0.29, 0.717) is 32.4 Å². The number of nitrogens with zero attached hydrogens (tertiary/aromatic N) is 3. The molecule has 0 saturated carbocycles. The van der Waals surface area contributed by atoms with Crippen molar-refractivity contribution in [3.63, 3.8) is 0 Å². The summed E-state index contributed by atoms with van der Waals surface area (Å²) in [5.41, 5.74) is 1.33. The molecule has 206 valence electrons. The fourth-order valence-electron chi connectivity index (χ4n) is 4.52. The highest BCUT2D eigenvalue weighted by molar-refractivity contribution is 8.00. The largest absolute Gasteiger partial charge is 0.503 e. The summed E-state index contributed by atoms with van der Waals surface area (Å²) in [7, 11) is 1.47. The minimum atomic E-state index is -1.13. The van der Waals surface area contributed by atoms with Crippen molar-refractivity contribution in [2.75, 3.05) is 12.0 Å². The zero-order valence-corrected chi connectivity index (χ0v) is 22.8. The second-order valence-corrected chi connectivity index (χ2v) is 11.2. The van der Waals surface area contributed by atoms with Gasteiger partial charge < -0.3 is 14.3 Å². The molecule has 8 nitrogen and oxygen atoms in total. The summed E-state index contributed by atoms with van der Waals surface area (Å²) in [6.07, 6.45) is 0. The predicted molar refractivity (Wildman–Crippen MR) is 149 cm³/mol. The number of benzene rings is 3. The normalized spacial score (nSPS) is 15.2. The number of hydrogen-bond acceptors (Lipinski definition) is 9. The lowest BCUT2D eigenvalue weighted by atomic mass is 9.95. The molecule has 1 amide bonds. The number of para-hydroxylation sites is 1. The number of Topliss-reactive ketones (excluding diaryl/α,β-unsaturated/α-hetero) is 1. The first-order chi connectivity index (χ1) is 19.8. The number of carbonyl (C=O) groups is 2. The predicted octanol–water partition coefficient (Wildman–Crippen LogP) is 6.65. The Morgan fingerprint density at radius 1 is 1.07 bits per heavy atom. The van der Waals surface area contributed by atoms with Gasteiger partial charge in [0, 0.05) is 11.1 Å². The minimum Gasteiger partial charge on any atom is -0.503 e. The first kappa shape index (κ1) is 26.7. The minimum absolute atomic E-state index is 0.111. The Balaban J connectivity index is 1.36. The second kappa shape index (κ2) is 10.8. The molecule has 2 aromatic heterocycles. The van der Waals surface area contributed by atoms with Crippen molar-refractivity contribution in [1.29, 1.82) is 0 Å². The summed E-state index contributed by atoms with van der Waals surface area (Å²) in [5, 5.41) is 20.1. The van der Waals surface area contributed by atoms with Crippen molar-refractivity contribution in [3.05, 3.63) is 113 Å². The van der Waals surface area contributed by atoms with Crippen molar-refractivity contribution in [2.24, 2.45) is 0 Å². The molecule has 0 radical (unpaired) electrons. The number of anilines is 1. The molecule has 0 aliphatic carbocycles. The number of rotatable bonds is 8. The second-order valence-electron chi connectivity index (χ2n) is 8.98. The van der Waals surface area contributed by atoms with Gasteiger partial charge >= 0.3 is 0 Å². The monoisotopic (exact) mass is 591 g/mol. The number of amides is 1. The van der Waals surface area contributed by atoms with Crippen molar-refractivity contribution >= 4 is 50.9 Å². The van der Waals surface area contributed by atoms with Crippen LogP contribution in [0.3, 0.4) is 0 Å². The Morgan fingerprint density at radius 2 is 1.78 bits per heavy atom. The van der Waals surface area contributed by atoms with Crippen LogP contribution in [0.25, 0.3) is 11.0 Å². The van der Waals surface area contributed by atoms with Gasteiger partial charge in [0.1, 0.15) is 11.6 Å². The number of halogens is 2. The van der Waals surface area contributed by atoms with Gasteiger partial charge in [-0.25, -0.2) is 8.78 Å². The molecular weight excluding hydrogens is 572 g/mol. The Bertz CT molecular complexity index is 1820. The summed E-state index contributed by atoms with van der Waals surface area (Å²) in [4.78, 5) is 28.4. The number of thioether (sulfide) groups is 1. The number of hydrogen-bond donors (Lipinski definition) is 1. The molecule has 1 aliphatic rings. The molecule has 1 unspecified atom stereocenters. The lowest BCUT2D eigenvalue weighted by Crippen LogP contribution is -2.31. The van der Waals surface area contributed by atoms with Crippen molar-refractivity contribution in [3.8, 4) is 5.75 Å². The maximum atomic E-state index is 13.8. The molecule has 0 fully saturated rings. The molecule has 0 bridgehead atoms. The molecular formula is C29H19F2N3O5S2. The number of aromatic nitrogens is 2. The number of furan rings is 1. The van der Waals surface area contributed by atoms with Gasteiger partial charge in [0.2, 0.25) is 10.9 Å². The van der Waals surface area contributed by atoms with Crippen LogP contribution in [-0.4, -0.2) is 34.1 Å². The molecule has 0 saturated heterocycles. The molecule has 1 N–H and O–H groups in total. The van der Waals surface area contributed by atoms with E-state index in [-0.39, 0.29) is 22.3 Å². The zero-order valence-electron chi connectivity index (χ0n) is 21.2. The lowest BCUT2D eigenvalue weighted by molar-refractivity contribution is -0.117. The SMILES string of the molecule is COc1cccc2cc(C(=O)C3=C(O)C(=O)N(c4nnc(SCc5ccc(F)cc5)s4)C3c3ccc(F)cc3)oc12. The third-order valence-electron chi connectivity index (χ3n) is 6.47. The first-order valence-corrected chi connectivity index (χ1v) is 14.0. The highest BCUT2D eigenvalue weighted by atomic mass is 32.2. The van der Waals surface area contributed by atoms with Crippen LogP contribution in [0.1, 0.15) is 27.7 Å². The summed E-state index contributed by atoms with van der Waals surface area (Å²) in [6, 6.07) is 16.8. The summed E-state index contributed by atoms with van der Waals surface area (Å²) < 4.78 is 38.7. The van der Waals surface area contributed by atoms with Gasteiger partial charge in [-0.05, 0) is 47.5 Å². The Kier molecular flexibility index (Phi) is 7.01. The van der Waals surface area contributed by atoms with Crippen molar-refractivity contribution in [1.82, 2.24) is 10.2 Å². The van der Waals surface area contributed by atoms with Gasteiger partial charge in [0.15, 0.2) is 27.2 Å². The Morgan fingerprint density at radius 3 is 2.49 bits per heavy atom. The first-order valence-electron chi connectivity index (χ1n) is 12.2. The Labute approximate surface area is 239 Å². The van der Waals surface area contributed by atoms with Crippen molar-refractivity contribution in [2.45, 2.75) is 16.1 Å². The number of fused-ring (bicyclic) bond motifs is 1. The van der Waals surface area contributed by atoms with Gasteiger partial charge in [-0.15, -0.1) is 10.2 Å². The van der Waals surface area contributed by atoms with E-state index in [1.807, 2.05) is 0 Å². The van der Waals surface area contributed by atoms with Crippen molar-refractivity contribution < 1.29 is 32.6 Å². The highest BCUT2D eigenvalue weighted by Gasteiger charge is 2.46. The maximum absolute atomic E-state index is 13.8. The van der Waals surface area contributed by atoms with Gasteiger partial charge in [-0.2, -0.15) is 0 Å². The number of ketones is 1. The number of aliphatic hydroxyl groups excluding tert-OH is 1. The van der Waals surface area contributed by atoms with Crippen LogP contribution in [-0.2, 0) is 10.5 Å². The quantitative estimate of drug-likeness (QED) is 0.122. The molecule has 3 heterocycles. The summed E-state index contributed by atoms with van der Waals surface area (Å²) in [6.45, 7) is 0. The molecule has 3 aromatic carbocycles. The van der Waals surface area contributed by atoms with Crippen LogP contribution < -0.4 is 9.64 Å². The van der Waals surface area contributed by atoms with Crippen LogP contribution >= 0.6 is 23.1 Å². The standard InChI is InChI=1S/C29H19F2N3O5S2/c1-38-20-4-2-3-17-13-21(39-26(17)20)24(35)22-23(16-7-11-19(31)12-8-16)34(27(37)25(22)36)28-32-33-29(41-28)40-14-15-5-9-18(30)10-6-15/h2-13,23,36H,14H2,1H3. The maximum Gasteiger partial charge on any atom is 0.296 e. The molecule has 5 aromatic rings. The van der Waals surface area contributed by atoms with E-state index >= 15 is 0 Å². The van der Waals surface area contributed by atoms with Crippen LogP contribution in [0.5, 0.6) is 5.75 Å². The van der Waals surface area contributed by atoms with E-state index in [9.17, 15) is 23.5 Å². The summed E-state index contributed by atoms with van der Waals surface area (Å²) >= 11 is 2.42. The van der Waals surface area contributed by atoms with Crippen LogP contribution in [0.4, 0.5) is 13.9 Å². The molecule has 1 atom stereocenters. The Hall–Kier alpha value is -4.55. The highest BCUT2D eigenvalue weighted by Crippen LogP contribution is 2.44. The number of carbonyl (C=O) groups excluding carboxylic acids is 2. The average molecular weight is 592 g/mol. The number of methoxy groups -OCH3 is 1. The van der Waals surface area contributed by atoms with E-state index in [1.54, 1.807) is 30.3 Å². The van der Waals surface area contributed by atoms with E-state index in [0.717, 1.165) is 16.9 Å². The molecule has 12 heteroatoms. The lowest BCUT2D eigenvalue weighted by Gasteiger charge is -2.23. The molecule has 0 spiro atoms. The number of ether oxygens (including phenoxy) is 1. The van der Waals surface area contributed by atoms with Gasteiger partial charge in [-0.1, -0.05) is 59.5 Å². The third-order valence-corrected chi connectivity index (χ3v) is 8.59.